The molecule has 0 aliphatic rings. The molecule has 0 spiro atoms. The van der Waals surface area contributed by atoms with Crippen LogP contribution in [0.3, 0.4) is 0 Å². The highest BCUT2D eigenvalue weighted by molar-refractivity contribution is 5.98. The lowest BCUT2D eigenvalue weighted by Crippen LogP contribution is -2.44. The summed E-state index contributed by atoms with van der Waals surface area (Å²) in [5.74, 6) is 0.699. The van der Waals surface area contributed by atoms with Crippen molar-refractivity contribution in [2.24, 2.45) is 5.92 Å². The molecular weight excluding hydrogens is 320 g/mol. The Balaban J connectivity index is 2.72. The van der Waals surface area contributed by atoms with Crippen molar-refractivity contribution >= 4 is 17.8 Å². The fraction of sp³-hybridized carbons (Fsp3) is 0.611. The van der Waals surface area contributed by atoms with Crippen LogP contribution in [0.25, 0.3) is 0 Å². The molecule has 1 rings (SSSR count). The van der Waals surface area contributed by atoms with Crippen LogP contribution in [0.4, 0.5) is 10.6 Å². The first-order valence-corrected chi connectivity index (χ1v) is 8.76. The Morgan fingerprint density at radius 3 is 2.56 bits per heavy atom. The maximum Gasteiger partial charge on any atom is 0.407 e. The van der Waals surface area contributed by atoms with E-state index in [1.165, 1.54) is 0 Å². The molecule has 1 unspecified atom stereocenters. The number of amides is 2. The van der Waals surface area contributed by atoms with Gasteiger partial charge in [-0.15, -0.1) is 0 Å². The molecule has 0 saturated carbocycles. The summed E-state index contributed by atoms with van der Waals surface area (Å²) in [7, 11) is 0. The minimum Gasteiger partial charge on any atom is -0.450 e. The van der Waals surface area contributed by atoms with Gasteiger partial charge in [-0.2, -0.15) is 0 Å². The fourth-order valence-corrected chi connectivity index (χ4v) is 2.39. The molecule has 1 aromatic heterocycles. The number of hydrogen-bond donors (Lipinski definition) is 3. The average molecular weight is 350 g/mol. The zero-order chi connectivity index (χ0) is 18.8. The van der Waals surface area contributed by atoms with Crippen LogP contribution in [0.15, 0.2) is 18.3 Å². The predicted octanol–water partition coefficient (Wildman–Crippen LogP) is 2.79. The van der Waals surface area contributed by atoms with Gasteiger partial charge in [0.05, 0.1) is 12.2 Å². The summed E-state index contributed by atoms with van der Waals surface area (Å²) in [4.78, 5) is 28.4. The quantitative estimate of drug-likeness (QED) is 0.637. The Labute approximate surface area is 149 Å². The number of anilines is 1. The van der Waals surface area contributed by atoms with Crippen molar-refractivity contribution in [2.75, 3.05) is 18.5 Å². The predicted molar refractivity (Wildman–Crippen MR) is 98.7 cm³/mol. The van der Waals surface area contributed by atoms with Gasteiger partial charge in [0.25, 0.3) is 5.91 Å². The number of ether oxygens (including phenoxy) is 1. The van der Waals surface area contributed by atoms with E-state index in [4.69, 9.17) is 4.74 Å². The molecule has 1 aromatic rings. The van der Waals surface area contributed by atoms with Crippen LogP contribution in [0.1, 0.15) is 51.4 Å². The molecule has 0 fully saturated rings. The van der Waals surface area contributed by atoms with Gasteiger partial charge >= 0.3 is 6.09 Å². The maximum absolute atomic E-state index is 12.5. The minimum atomic E-state index is -0.467. The van der Waals surface area contributed by atoms with Crippen LogP contribution < -0.4 is 16.0 Å². The second-order valence-corrected chi connectivity index (χ2v) is 6.60. The highest BCUT2D eigenvalue weighted by atomic mass is 16.5. The second-order valence-electron chi connectivity index (χ2n) is 6.60. The van der Waals surface area contributed by atoms with E-state index in [1.807, 2.05) is 13.8 Å². The van der Waals surface area contributed by atoms with Gasteiger partial charge in [0.15, 0.2) is 0 Å². The highest BCUT2D eigenvalue weighted by Gasteiger charge is 2.18. The van der Waals surface area contributed by atoms with Crippen LogP contribution in [0.2, 0.25) is 0 Å². The number of pyridine rings is 1. The fourth-order valence-electron chi connectivity index (χ4n) is 2.39. The number of carbonyl (C=O) groups is 2. The lowest BCUT2D eigenvalue weighted by Gasteiger charge is -2.21. The zero-order valence-corrected chi connectivity index (χ0v) is 15.8. The first kappa shape index (κ1) is 20.7. The van der Waals surface area contributed by atoms with E-state index < -0.39 is 6.09 Å². The number of hydrogen-bond acceptors (Lipinski definition) is 5. The lowest BCUT2D eigenvalue weighted by molar-refractivity contribution is 0.0945. The first-order chi connectivity index (χ1) is 11.8. The smallest absolute Gasteiger partial charge is 0.407 e. The molecule has 0 aliphatic carbocycles. The van der Waals surface area contributed by atoms with E-state index in [0.29, 0.717) is 30.5 Å². The molecule has 0 radical (unpaired) electrons. The summed E-state index contributed by atoms with van der Waals surface area (Å²) >= 11 is 0. The molecule has 7 nitrogen and oxygen atoms in total. The molecular formula is C18H30N4O3. The summed E-state index contributed by atoms with van der Waals surface area (Å²) < 4.78 is 4.93. The summed E-state index contributed by atoms with van der Waals surface area (Å²) in [6.45, 7) is 10.5. The molecule has 140 valence electrons. The molecule has 1 atom stereocenters. The van der Waals surface area contributed by atoms with Crippen LogP contribution in [-0.4, -0.2) is 42.2 Å². The SMILES string of the molecule is CCOC(=O)NC(CNC(=O)c1cccnc1NC(C)C)CC(C)C. The van der Waals surface area contributed by atoms with Crippen LogP contribution in [-0.2, 0) is 4.74 Å². The topological polar surface area (TPSA) is 92.4 Å². The molecule has 0 aliphatic heterocycles. The van der Waals surface area contributed by atoms with Gasteiger partial charge in [0.2, 0.25) is 0 Å². The zero-order valence-electron chi connectivity index (χ0n) is 15.8. The molecule has 25 heavy (non-hydrogen) atoms. The largest absolute Gasteiger partial charge is 0.450 e. The number of alkyl carbamates (subject to hydrolysis) is 1. The van der Waals surface area contributed by atoms with Crippen molar-refractivity contribution in [1.82, 2.24) is 15.6 Å². The summed E-state index contributed by atoms with van der Waals surface area (Å²) in [5, 5.41) is 8.83. The second kappa shape index (κ2) is 10.5. The van der Waals surface area contributed by atoms with Crippen molar-refractivity contribution < 1.29 is 14.3 Å². The molecule has 0 saturated heterocycles. The van der Waals surface area contributed by atoms with E-state index in [-0.39, 0.29) is 18.0 Å². The number of nitrogens with one attached hydrogen (secondary N) is 3. The monoisotopic (exact) mass is 350 g/mol. The number of nitrogens with zero attached hydrogens (tertiary/aromatic N) is 1. The molecule has 2 amide bonds. The molecule has 7 heteroatoms. The molecule has 0 aromatic carbocycles. The van der Waals surface area contributed by atoms with Crippen molar-refractivity contribution in [3.8, 4) is 0 Å². The van der Waals surface area contributed by atoms with Gasteiger partial charge in [-0.25, -0.2) is 9.78 Å². The Morgan fingerprint density at radius 1 is 1.24 bits per heavy atom. The standard InChI is InChI=1S/C18H30N4O3/c1-6-25-18(24)22-14(10-12(2)3)11-20-17(23)15-8-7-9-19-16(15)21-13(4)5/h7-9,12-14H,6,10-11H2,1-5H3,(H,19,21)(H,20,23)(H,22,24). The van der Waals surface area contributed by atoms with E-state index in [0.717, 1.165) is 6.42 Å². The lowest BCUT2D eigenvalue weighted by atomic mass is 10.0. The number of carbonyl (C=O) groups excluding carboxylic acids is 2. The Kier molecular flexibility index (Phi) is 8.74. The van der Waals surface area contributed by atoms with E-state index in [2.05, 4.69) is 34.8 Å². The van der Waals surface area contributed by atoms with E-state index in [1.54, 1.807) is 25.3 Å². The van der Waals surface area contributed by atoms with Crippen molar-refractivity contribution in [3.05, 3.63) is 23.9 Å². The number of aromatic nitrogens is 1. The minimum absolute atomic E-state index is 0.167. The third-order valence-corrected chi connectivity index (χ3v) is 3.34. The highest BCUT2D eigenvalue weighted by Crippen LogP contribution is 2.13. The van der Waals surface area contributed by atoms with Crippen LogP contribution >= 0.6 is 0 Å². The van der Waals surface area contributed by atoms with Crippen LogP contribution in [0.5, 0.6) is 0 Å². The van der Waals surface area contributed by atoms with Gasteiger partial charge < -0.3 is 20.7 Å². The van der Waals surface area contributed by atoms with Crippen molar-refractivity contribution in [3.63, 3.8) is 0 Å². The molecule has 0 bridgehead atoms. The van der Waals surface area contributed by atoms with E-state index >= 15 is 0 Å². The van der Waals surface area contributed by atoms with Gasteiger partial charge in [-0.3, -0.25) is 4.79 Å². The molecule has 3 N–H and O–H groups in total. The van der Waals surface area contributed by atoms with Crippen molar-refractivity contribution in [1.29, 1.82) is 0 Å². The summed E-state index contributed by atoms with van der Waals surface area (Å²) in [5.41, 5.74) is 0.482. The Morgan fingerprint density at radius 2 is 1.96 bits per heavy atom. The van der Waals surface area contributed by atoms with Crippen LogP contribution in [0, 0.1) is 5.92 Å². The average Bonchev–Trinajstić information content (AvgIpc) is 2.52. The summed E-state index contributed by atoms with van der Waals surface area (Å²) in [6, 6.07) is 3.42. The van der Waals surface area contributed by atoms with E-state index in [9.17, 15) is 9.59 Å². The summed E-state index contributed by atoms with van der Waals surface area (Å²) in [6.07, 6.45) is 1.92. The first-order valence-electron chi connectivity index (χ1n) is 8.76. The van der Waals surface area contributed by atoms with Gasteiger partial charge in [0.1, 0.15) is 5.82 Å². The Bertz CT molecular complexity index is 561. The Hall–Kier alpha value is -2.31. The maximum atomic E-state index is 12.5. The third-order valence-electron chi connectivity index (χ3n) is 3.34. The number of rotatable bonds is 9. The van der Waals surface area contributed by atoms with Gasteiger partial charge in [-0.1, -0.05) is 13.8 Å². The molecule has 1 heterocycles. The van der Waals surface area contributed by atoms with Gasteiger partial charge in [-0.05, 0) is 45.2 Å². The third kappa shape index (κ3) is 7.87. The normalized spacial score (nSPS) is 12.0. The van der Waals surface area contributed by atoms with Crippen molar-refractivity contribution in [2.45, 2.75) is 53.1 Å². The van der Waals surface area contributed by atoms with Gasteiger partial charge in [0, 0.05) is 24.8 Å².